The quantitative estimate of drug-likeness (QED) is 0.574. The monoisotopic (exact) mass is 206 g/mol. The normalized spacial score (nSPS) is 12.0. The van der Waals surface area contributed by atoms with Crippen LogP contribution < -0.4 is 9.96 Å². The summed E-state index contributed by atoms with van der Waals surface area (Å²) < 4.78 is 11.1. The maximum atomic E-state index is 5.70. The topological polar surface area (TPSA) is 42.5 Å². The SMILES string of the molecule is CCCO[Si](NCC)(NCC)OC. The van der Waals surface area contributed by atoms with Gasteiger partial charge < -0.3 is 8.85 Å². The van der Waals surface area contributed by atoms with Gasteiger partial charge in [-0.1, -0.05) is 20.8 Å². The first-order valence-corrected chi connectivity index (χ1v) is 6.75. The Morgan fingerprint density at radius 3 is 1.92 bits per heavy atom. The van der Waals surface area contributed by atoms with Crippen LogP contribution in [0.15, 0.2) is 0 Å². The van der Waals surface area contributed by atoms with E-state index in [0.29, 0.717) is 0 Å². The van der Waals surface area contributed by atoms with Crippen molar-refractivity contribution < 1.29 is 8.85 Å². The van der Waals surface area contributed by atoms with Crippen molar-refractivity contribution in [1.82, 2.24) is 9.96 Å². The highest BCUT2D eigenvalue weighted by molar-refractivity contribution is 6.62. The van der Waals surface area contributed by atoms with Gasteiger partial charge in [0.2, 0.25) is 0 Å². The zero-order valence-corrected chi connectivity index (χ0v) is 10.1. The Kier molecular flexibility index (Phi) is 7.49. The Balaban J connectivity index is 4.07. The molecule has 0 bridgehead atoms. The van der Waals surface area contributed by atoms with Gasteiger partial charge in [-0.2, -0.15) is 0 Å². The first-order chi connectivity index (χ1) is 6.24. The summed E-state index contributed by atoms with van der Waals surface area (Å²) in [5.74, 6) is 0. The first kappa shape index (κ1) is 13.1. The zero-order chi connectivity index (χ0) is 10.2. The molecular weight excluding hydrogens is 184 g/mol. The summed E-state index contributed by atoms with van der Waals surface area (Å²) >= 11 is 0. The maximum absolute atomic E-state index is 5.70. The van der Waals surface area contributed by atoms with E-state index >= 15 is 0 Å². The highest BCUT2D eigenvalue weighted by Gasteiger charge is 2.36. The molecule has 0 aromatic rings. The molecular formula is C8H22N2O2Si. The summed E-state index contributed by atoms with van der Waals surface area (Å²) in [4.78, 5) is 6.53. The van der Waals surface area contributed by atoms with E-state index in [1.54, 1.807) is 7.11 Å². The molecule has 0 heterocycles. The molecule has 4 nitrogen and oxygen atoms in total. The van der Waals surface area contributed by atoms with Gasteiger partial charge in [0.05, 0.1) is 0 Å². The molecule has 2 N–H and O–H groups in total. The fourth-order valence-electron chi connectivity index (χ4n) is 1.08. The second-order valence-electron chi connectivity index (χ2n) is 2.73. The van der Waals surface area contributed by atoms with Crippen LogP contribution in [0.1, 0.15) is 27.2 Å². The molecule has 0 radical (unpaired) electrons. The molecule has 0 aromatic carbocycles. The van der Waals surface area contributed by atoms with Crippen LogP contribution in [0.5, 0.6) is 0 Å². The van der Waals surface area contributed by atoms with Crippen LogP contribution in [0.4, 0.5) is 0 Å². The zero-order valence-electron chi connectivity index (χ0n) is 9.14. The molecule has 0 aromatic heterocycles. The van der Waals surface area contributed by atoms with Gasteiger partial charge in [0.25, 0.3) is 0 Å². The molecule has 0 spiro atoms. The third kappa shape index (κ3) is 4.73. The van der Waals surface area contributed by atoms with E-state index in [1.165, 1.54) is 0 Å². The molecule has 0 atom stereocenters. The standard InChI is InChI=1S/C8H22N2O2Si/c1-5-8-12-13(11-4,9-6-2)10-7-3/h9-10H,5-8H2,1-4H3. The van der Waals surface area contributed by atoms with Crippen molar-refractivity contribution in [3.63, 3.8) is 0 Å². The minimum absolute atomic E-state index is 0.736. The van der Waals surface area contributed by atoms with Crippen LogP contribution in [-0.2, 0) is 8.85 Å². The molecule has 13 heavy (non-hydrogen) atoms. The van der Waals surface area contributed by atoms with Crippen molar-refractivity contribution >= 4 is 8.88 Å². The number of hydrogen-bond donors (Lipinski definition) is 2. The van der Waals surface area contributed by atoms with E-state index in [1.807, 2.05) is 13.8 Å². The van der Waals surface area contributed by atoms with Crippen molar-refractivity contribution in [1.29, 1.82) is 0 Å². The summed E-state index contributed by atoms with van der Waals surface area (Å²) in [7, 11) is -0.603. The third-order valence-electron chi connectivity index (χ3n) is 1.62. The third-order valence-corrected chi connectivity index (χ3v) is 4.44. The van der Waals surface area contributed by atoms with Crippen molar-refractivity contribution in [2.75, 3.05) is 26.8 Å². The lowest BCUT2D eigenvalue weighted by Gasteiger charge is -2.28. The molecule has 0 aliphatic heterocycles. The average molecular weight is 206 g/mol. The summed E-state index contributed by atoms with van der Waals surface area (Å²) in [6.07, 6.45) is 1.01. The van der Waals surface area contributed by atoms with Gasteiger partial charge in [-0.3, -0.25) is 9.96 Å². The van der Waals surface area contributed by atoms with Crippen molar-refractivity contribution in [2.24, 2.45) is 0 Å². The lowest BCUT2D eigenvalue weighted by Crippen LogP contribution is -2.66. The molecule has 0 saturated heterocycles. The number of nitrogens with one attached hydrogen (secondary N) is 2. The second-order valence-corrected chi connectivity index (χ2v) is 5.37. The van der Waals surface area contributed by atoms with Gasteiger partial charge >= 0.3 is 8.88 Å². The summed E-state index contributed by atoms with van der Waals surface area (Å²) in [5, 5.41) is 0. The Bertz CT molecular complexity index is 119. The highest BCUT2D eigenvalue weighted by Crippen LogP contribution is 1.98. The molecule has 80 valence electrons. The van der Waals surface area contributed by atoms with E-state index in [2.05, 4.69) is 16.9 Å². The largest absolute Gasteiger partial charge is 0.516 e. The molecule has 0 fully saturated rings. The van der Waals surface area contributed by atoms with E-state index in [9.17, 15) is 0 Å². The van der Waals surface area contributed by atoms with Crippen molar-refractivity contribution in [2.45, 2.75) is 27.2 Å². The van der Waals surface area contributed by atoms with Gasteiger partial charge in [-0.15, -0.1) is 0 Å². The van der Waals surface area contributed by atoms with Gasteiger partial charge in [0.1, 0.15) is 0 Å². The summed E-state index contributed by atoms with van der Waals surface area (Å²) in [6, 6.07) is 0. The van der Waals surface area contributed by atoms with E-state index in [4.69, 9.17) is 8.85 Å². The molecule has 0 rings (SSSR count). The predicted octanol–water partition coefficient (Wildman–Crippen LogP) is 0.714. The van der Waals surface area contributed by atoms with E-state index in [0.717, 1.165) is 26.1 Å². The highest BCUT2D eigenvalue weighted by atomic mass is 28.4. The molecule has 0 aliphatic carbocycles. The van der Waals surface area contributed by atoms with Crippen molar-refractivity contribution in [3.05, 3.63) is 0 Å². The minimum atomic E-state index is -2.29. The average Bonchev–Trinajstić information content (AvgIpc) is 2.15. The van der Waals surface area contributed by atoms with E-state index in [-0.39, 0.29) is 0 Å². The van der Waals surface area contributed by atoms with Gasteiger partial charge in [-0.05, 0) is 19.5 Å². The van der Waals surface area contributed by atoms with Gasteiger partial charge in [0, 0.05) is 13.7 Å². The number of rotatable bonds is 8. The molecule has 0 saturated carbocycles. The van der Waals surface area contributed by atoms with E-state index < -0.39 is 8.88 Å². The minimum Gasteiger partial charge on any atom is -0.374 e. The van der Waals surface area contributed by atoms with Gasteiger partial charge in [0.15, 0.2) is 0 Å². The fraction of sp³-hybridized carbons (Fsp3) is 1.00. The Morgan fingerprint density at radius 1 is 1.08 bits per heavy atom. The Morgan fingerprint density at radius 2 is 1.62 bits per heavy atom. The Labute approximate surface area is 82.4 Å². The van der Waals surface area contributed by atoms with Crippen LogP contribution in [-0.4, -0.2) is 35.7 Å². The lowest BCUT2D eigenvalue weighted by atomic mass is 10.5. The Hall–Kier alpha value is 0.0569. The smallest absolute Gasteiger partial charge is 0.374 e. The lowest BCUT2D eigenvalue weighted by molar-refractivity contribution is 0.176. The number of hydrogen-bond acceptors (Lipinski definition) is 4. The predicted molar refractivity (Wildman–Crippen MR) is 56.4 cm³/mol. The summed E-state index contributed by atoms with van der Waals surface area (Å²) in [6.45, 7) is 8.64. The molecule has 0 amide bonds. The van der Waals surface area contributed by atoms with Crippen LogP contribution in [0.25, 0.3) is 0 Å². The fourth-order valence-corrected chi connectivity index (χ4v) is 3.24. The molecule has 0 aliphatic rings. The van der Waals surface area contributed by atoms with Crippen LogP contribution in [0.3, 0.4) is 0 Å². The van der Waals surface area contributed by atoms with Crippen molar-refractivity contribution in [3.8, 4) is 0 Å². The summed E-state index contributed by atoms with van der Waals surface area (Å²) in [5.41, 5.74) is 0. The maximum Gasteiger partial charge on any atom is 0.516 e. The molecule has 5 heteroatoms. The van der Waals surface area contributed by atoms with Crippen LogP contribution in [0.2, 0.25) is 0 Å². The van der Waals surface area contributed by atoms with Crippen LogP contribution in [0, 0.1) is 0 Å². The molecule has 0 unspecified atom stereocenters. The second kappa shape index (κ2) is 7.46. The van der Waals surface area contributed by atoms with Gasteiger partial charge in [-0.25, -0.2) is 0 Å². The van der Waals surface area contributed by atoms with Crippen LogP contribution >= 0.6 is 0 Å². The first-order valence-electron chi connectivity index (χ1n) is 4.93.